The Bertz CT molecular complexity index is 566. The molecule has 0 saturated heterocycles. The van der Waals surface area contributed by atoms with Gasteiger partial charge in [0, 0.05) is 16.6 Å². The number of hydrogen-bond acceptors (Lipinski definition) is 5. The number of carbonyl (C=O) groups is 1. The van der Waals surface area contributed by atoms with E-state index in [1.165, 1.54) is 11.8 Å². The first-order valence-electron chi connectivity index (χ1n) is 5.81. The summed E-state index contributed by atoms with van der Waals surface area (Å²) >= 11 is 1.46. The van der Waals surface area contributed by atoms with Crippen LogP contribution in [-0.2, 0) is 4.79 Å². The number of nitrogen functional groups attached to an aromatic ring is 1. The van der Waals surface area contributed by atoms with Crippen LogP contribution in [0.4, 0.5) is 11.5 Å². The maximum Gasteiger partial charge on any atom is 0.238 e. The van der Waals surface area contributed by atoms with Crippen molar-refractivity contribution in [3.8, 4) is 0 Å². The third-order valence-corrected chi connectivity index (χ3v) is 3.55. The fraction of sp³-hybridized carbons (Fsp3) is 0.231. The van der Waals surface area contributed by atoms with Gasteiger partial charge in [-0.05, 0) is 38.1 Å². The molecule has 0 bridgehead atoms. The Labute approximate surface area is 115 Å². The number of benzene rings is 1. The number of aryl methyl sites for hydroxylation is 1. The number of nitrogens with two attached hydrogens (primary N) is 1. The number of hydrogen-bond donors (Lipinski definition) is 2. The molecule has 0 aliphatic carbocycles. The highest BCUT2D eigenvalue weighted by molar-refractivity contribution is 8.00. The van der Waals surface area contributed by atoms with Crippen molar-refractivity contribution in [2.24, 2.45) is 0 Å². The van der Waals surface area contributed by atoms with E-state index in [2.05, 4.69) is 10.5 Å². The van der Waals surface area contributed by atoms with Gasteiger partial charge < -0.3 is 15.6 Å². The summed E-state index contributed by atoms with van der Waals surface area (Å²) in [4.78, 5) is 12.9. The lowest BCUT2D eigenvalue weighted by molar-refractivity contribution is -0.115. The van der Waals surface area contributed by atoms with E-state index in [4.69, 9.17) is 10.3 Å². The SMILES string of the molecule is Cc1cc(NC(=O)[C@H](C)Sc2ccc(N)cc2)no1. The molecule has 3 N–H and O–H groups in total. The highest BCUT2D eigenvalue weighted by Crippen LogP contribution is 2.24. The second kappa shape index (κ2) is 5.79. The van der Waals surface area contributed by atoms with E-state index in [0.29, 0.717) is 17.3 Å². The Kier molecular flexibility index (Phi) is 4.11. The van der Waals surface area contributed by atoms with Crippen molar-refractivity contribution in [3.63, 3.8) is 0 Å². The van der Waals surface area contributed by atoms with Gasteiger partial charge in [-0.3, -0.25) is 4.79 Å². The van der Waals surface area contributed by atoms with Crippen molar-refractivity contribution in [1.29, 1.82) is 0 Å². The average molecular weight is 277 g/mol. The first-order valence-corrected chi connectivity index (χ1v) is 6.69. The molecule has 0 radical (unpaired) electrons. The zero-order valence-electron chi connectivity index (χ0n) is 10.7. The zero-order valence-corrected chi connectivity index (χ0v) is 11.5. The van der Waals surface area contributed by atoms with Crippen LogP contribution in [0.3, 0.4) is 0 Å². The molecule has 0 fully saturated rings. The maximum absolute atomic E-state index is 12.0. The Morgan fingerprint density at radius 2 is 2.11 bits per heavy atom. The van der Waals surface area contributed by atoms with Gasteiger partial charge in [-0.1, -0.05) is 5.16 Å². The molecule has 0 aliphatic heterocycles. The molecule has 1 heterocycles. The predicted octanol–water partition coefficient (Wildman–Crippen LogP) is 2.68. The van der Waals surface area contributed by atoms with Gasteiger partial charge in [-0.25, -0.2) is 0 Å². The van der Waals surface area contributed by atoms with Gasteiger partial charge in [-0.2, -0.15) is 0 Å². The summed E-state index contributed by atoms with van der Waals surface area (Å²) in [6, 6.07) is 9.09. The lowest BCUT2D eigenvalue weighted by Crippen LogP contribution is -2.22. The Balaban J connectivity index is 1.94. The maximum atomic E-state index is 12.0. The standard InChI is InChI=1S/C13H15N3O2S/c1-8-7-12(16-18-8)15-13(17)9(2)19-11-5-3-10(14)4-6-11/h3-7,9H,14H2,1-2H3,(H,15,16,17)/t9-/m0/s1. The molecule has 0 aliphatic rings. The van der Waals surface area contributed by atoms with E-state index >= 15 is 0 Å². The van der Waals surface area contributed by atoms with E-state index in [9.17, 15) is 4.79 Å². The highest BCUT2D eigenvalue weighted by atomic mass is 32.2. The van der Waals surface area contributed by atoms with Crippen LogP contribution in [0.2, 0.25) is 0 Å². The van der Waals surface area contributed by atoms with Gasteiger partial charge in [0.05, 0.1) is 5.25 Å². The van der Waals surface area contributed by atoms with Gasteiger partial charge in [0.25, 0.3) is 0 Å². The molecular formula is C13H15N3O2S. The molecule has 1 atom stereocenters. The first-order chi connectivity index (χ1) is 9.04. The van der Waals surface area contributed by atoms with Crippen molar-refractivity contribution in [1.82, 2.24) is 5.16 Å². The molecule has 6 heteroatoms. The van der Waals surface area contributed by atoms with Crippen LogP contribution in [0.15, 0.2) is 39.8 Å². The van der Waals surface area contributed by atoms with Crippen molar-refractivity contribution in [2.45, 2.75) is 24.0 Å². The van der Waals surface area contributed by atoms with Crippen molar-refractivity contribution in [2.75, 3.05) is 11.1 Å². The lowest BCUT2D eigenvalue weighted by Gasteiger charge is -2.10. The Hall–Kier alpha value is -1.95. The summed E-state index contributed by atoms with van der Waals surface area (Å²) in [5, 5.41) is 6.19. The van der Waals surface area contributed by atoms with Crippen molar-refractivity contribution in [3.05, 3.63) is 36.1 Å². The summed E-state index contributed by atoms with van der Waals surface area (Å²) in [5.74, 6) is 0.983. The van der Waals surface area contributed by atoms with Gasteiger partial charge in [0.1, 0.15) is 5.76 Å². The number of anilines is 2. The van der Waals surface area contributed by atoms with Gasteiger partial charge in [-0.15, -0.1) is 11.8 Å². The van der Waals surface area contributed by atoms with E-state index in [0.717, 1.165) is 4.90 Å². The molecule has 1 aromatic heterocycles. The predicted molar refractivity (Wildman–Crippen MR) is 76.0 cm³/mol. The quantitative estimate of drug-likeness (QED) is 0.663. The van der Waals surface area contributed by atoms with Crippen molar-refractivity contribution >= 4 is 29.2 Å². The summed E-state index contributed by atoms with van der Waals surface area (Å²) in [6.45, 7) is 3.61. The largest absolute Gasteiger partial charge is 0.399 e. The van der Waals surface area contributed by atoms with E-state index in [1.807, 2.05) is 31.2 Å². The van der Waals surface area contributed by atoms with Gasteiger partial charge >= 0.3 is 0 Å². The number of carbonyl (C=O) groups excluding carboxylic acids is 1. The van der Waals surface area contributed by atoms with E-state index in [-0.39, 0.29) is 11.2 Å². The van der Waals surface area contributed by atoms with Crippen molar-refractivity contribution < 1.29 is 9.32 Å². The molecule has 2 aromatic rings. The number of aromatic nitrogens is 1. The molecular weight excluding hydrogens is 262 g/mol. The summed E-state index contributed by atoms with van der Waals surface area (Å²) in [5.41, 5.74) is 6.32. The fourth-order valence-corrected chi connectivity index (χ4v) is 2.32. The van der Waals surface area contributed by atoms with Crippen LogP contribution in [0, 0.1) is 6.92 Å². The fourth-order valence-electron chi connectivity index (χ4n) is 1.46. The van der Waals surface area contributed by atoms with Gasteiger partial charge in [0.2, 0.25) is 5.91 Å². The molecule has 0 unspecified atom stereocenters. The highest BCUT2D eigenvalue weighted by Gasteiger charge is 2.15. The smallest absolute Gasteiger partial charge is 0.238 e. The molecule has 1 amide bonds. The molecule has 2 rings (SSSR count). The van der Waals surface area contributed by atoms with Crippen LogP contribution < -0.4 is 11.1 Å². The minimum absolute atomic E-state index is 0.116. The summed E-state index contributed by atoms with van der Waals surface area (Å²) in [6.07, 6.45) is 0. The molecule has 5 nitrogen and oxygen atoms in total. The van der Waals surface area contributed by atoms with Crippen LogP contribution in [-0.4, -0.2) is 16.3 Å². The average Bonchev–Trinajstić information content (AvgIpc) is 2.77. The summed E-state index contributed by atoms with van der Waals surface area (Å²) < 4.78 is 4.89. The molecule has 19 heavy (non-hydrogen) atoms. The normalized spacial score (nSPS) is 12.1. The molecule has 0 saturated carbocycles. The van der Waals surface area contributed by atoms with E-state index in [1.54, 1.807) is 13.0 Å². The van der Waals surface area contributed by atoms with E-state index < -0.39 is 0 Å². The Morgan fingerprint density at radius 1 is 1.42 bits per heavy atom. The minimum atomic E-state index is -0.236. The third kappa shape index (κ3) is 3.75. The van der Waals surface area contributed by atoms with Crippen LogP contribution in [0.25, 0.3) is 0 Å². The number of rotatable bonds is 4. The second-order valence-corrected chi connectivity index (χ2v) is 5.56. The number of thioether (sulfide) groups is 1. The van der Waals surface area contributed by atoms with Crippen LogP contribution in [0.5, 0.6) is 0 Å². The number of nitrogens with one attached hydrogen (secondary N) is 1. The number of nitrogens with zero attached hydrogens (tertiary/aromatic N) is 1. The molecule has 100 valence electrons. The number of amides is 1. The third-order valence-electron chi connectivity index (χ3n) is 2.44. The van der Waals surface area contributed by atoms with Gasteiger partial charge in [0.15, 0.2) is 5.82 Å². The second-order valence-electron chi connectivity index (χ2n) is 4.14. The summed E-state index contributed by atoms with van der Waals surface area (Å²) in [7, 11) is 0. The van der Waals surface area contributed by atoms with Crippen LogP contribution >= 0.6 is 11.8 Å². The zero-order chi connectivity index (χ0) is 13.8. The molecule has 1 aromatic carbocycles. The Morgan fingerprint density at radius 3 is 2.68 bits per heavy atom. The minimum Gasteiger partial charge on any atom is -0.399 e. The topological polar surface area (TPSA) is 81.2 Å². The lowest BCUT2D eigenvalue weighted by atomic mass is 10.3. The molecule has 0 spiro atoms. The monoisotopic (exact) mass is 277 g/mol. The van der Waals surface area contributed by atoms with Crippen LogP contribution in [0.1, 0.15) is 12.7 Å². The first kappa shape index (κ1) is 13.5.